The minimum Gasteiger partial charge on any atom is -0.473 e. The molecule has 1 aromatic heterocycles. The molecule has 0 N–H and O–H groups in total. The number of ether oxygens (including phenoxy) is 1. The molecule has 1 saturated carbocycles. The number of benzene rings is 2. The smallest absolute Gasteiger partial charge is 0.254 e. The minimum absolute atomic E-state index is 0.0845. The Hall–Kier alpha value is -3.21. The van der Waals surface area contributed by atoms with Gasteiger partial charge in [-0.15, -0.1) is 0 Å². The van der Waals surface area contributed by atoms with Gasteiger partial charge >= 0.3 is 0 Å². The Morgan fingerprint density at radius 3 is 2.57 bits per heavy atom. The lowest BCUT2D eigenvalue weighted by atomic mass is 10.1. The number of carbonyl (C=O) groups excluding carboxylic acids is 1. The summed E-state index contributed by atoms with van der Waals surface area (Å²) in [4.78, 5) is 19.1. The predicted molar refractivity (Wildman–Crippen MR) is 104 cm³/mol. The van der Waals surface area contributed by atoms with Crippen LogP contribution < -0.4 is 4.74 Å². The Morgan fingerprint density at radius 2 is 1.82 bits per heavy atom. The molecule has 0 saturated heterocycles. The second-order valence-electron chi connectivity index (χ2n) is 6.95. The first-order valence-corrected chi connectivity index (χ1v) is 9.37. The van der Waals surface area contributed by atoms with Crippen LogP contribution >= 0.6 is 0 Å². The quantitative estimate of drug-likeness (QED) is 0.605. The fourth-order valence-electron chi connectivity index (χ4n) is 3.10. The van der Waals surface area contributed by atoms with Crippen molar-refractivity contribution < 1.29 is 13.9 Å². The van der Waals surface area contributed by atoms with Crippen molar-refractivity contribution >= 4 is 5.91 Å². The van der Waals surface area contributed by atoms with Crippen LogP contribution in [0.2, 0.25) is 0 Å². The molecule has 2 aromatic carbocycles. The summed E-state index contributed by atoms with van der Waals surface area (Å²) in [5.74, 6) is 0.0381. The second-order valence-corrected chi connectivity index (χ2v) is 6.95. The van der Waals surface area contributed by atoms with Gasteiger partial charge in [-0.25, -0.2) is 9.37 Å². The summed E-state index contributed by atoms with van der Waals surface area (Å²) in [6, 6.07) is 19.8. The lowest BCUT2D eigenvalue weighted by Gasteiger charge is -2.23. The summed E-state index contributed by atoms with van der Waals surface area (Å²) in [5.41, 5.74) is 2.35. The zero-order valence-corrected chi connectivity index (χ0v) is 15.4. The highest BCUT2D eigenvalue weighted by Gasteiger charge is 2.33. The lowest BCUT2D eigenvalue weighted by Crippen LogP contribution is -2.32. The first kappa shape index (κ1) is 18.2. The fraction of sp³-hybridized carbons (Fsp3) is 0.217. The summed E-state index contributed by atoms with van der Waals surface area (Å²) in [7, 11) is 0. The van der Waals surface area contributed by atoms with Gasteiger partial charge in [0, 0.05) is 30.4 Å². The number of amides is 1. The molecule has 0 atom stereocenters. The third-order valence-corrected chi connectivity index (χ3v) is 4.70. The van der Waals surface area contributed by atoms with Crippen LogP contribution in [0.5, 0.6) is 5.88 Å². The highest BCUT2D eigenvalue weighted by Crippen LogP contribution is 2.30. The molecule has 0 unspecified atom stereocenters. The van der Waals surface area contributed by atoms with Crippen LogP contribution in [0.3, 0.4) is 0 Å². The first-order chi connectivity index (χ1) is 13.7. The van der Waals surface area contributed by atoms with Gasteiger partial charge in [0.15, 0.2) is 0 Å². The summed E-state index contributed by atoms with van der Waals surface area (Å²) >= 11 is 0. The van der Waals surface area contributed by atoms with E-state index in [1.165, 1.54) is 12.1 Å². The Morgan fingerprint density at radius 1 is 1.04 bits per heavy atom. The number of nitrogens with zero attached hydrogens (tertiary/aromatic N) is 2. The van der Waals surface area contributed by atoms with E-state index in [1.807, 2.05) is 41.3 Å². The predicted octanol–water partition coefficient (Wildman–Crippen LogP) is 4.60. The van der Waals surface area contributed by atoms with Crippen LogP contribution in [0.15, 0.2) is 72.9 Å². The van der Waals surface area contributed by atoms with Gasteiger partial charge in [-0.2, -0.15) is 0 Å². The summed E-state index contributed by atoms with van der Waals surface area (Å²) in [6.07, 6.45) is 3.54. The third kappa shape index (κ3) is 4.55. The van der Waals surface area contributed by atoms with Gasteiger partial charge in [0.1, 0.15) is 12.4 Å². The van der Waals surface area contributed by atoms with Gasteiger partial charge < -0.3 is 9.64 Å². The van der Waals surface area contributed by atoms with Crippen molar-refractivity contribution in [3.8, 4) is 5.88 Å². The number of rotatable bonds is 7. The number of hydrogen-bond acceptors (Lipinski definition) is 3. The lowest BCUT2D eigenvalue weighted by molar-refractivity contribution is 0.0729. The molecule has 0 bridgehead atoms. The molecule has 0 spiro atoms. The maximum Gasteiger partial charge on any atom is 0.254 e. The van der Waals surface area contributed by atoms with Crippen LogP contribution in [0.4, 0.5) is 4.39 Å². The van der Waals surface area contributed by atoms with Crippen molar-refractivity contribution in [1.82, 2.24) is 9.88 Å². The Bertz CT molecular complexity index is 958. The molecule has 1 amide bonds. The van der Waals surface area contributed by atoms with Gasteiger partial charge in [0.2, 0.25) is 5.88 Å². The van der Waals surface area contributed by atoms with E-state index < -0.39 is 0 Å². The zero-order valence-electron chi connectivity index (χ0n) is 15.4. The molecule has 28 heavy (non-hydrogen) atoms. The molecule has 4 nitrogen and oxygen atoms in total. The molecule has 1 heterocycles. The van der Waals surface area contributed by atoms with Crippen LogP contribution in [-0.4, -0.2) is 21.8 Å². The van der Waals surface area contributed by atoms with Gasteiger partial charge in [0.25, 0.3) is 5.91 Å². The number of pyridine rings is 1. The largest absolute Gasteiger partial charge is 0.473 e. The molecule has 142 valence electrons. The Balaban J connectivity index is 1.48. The number of carbonyl (C=O) groups is 1. The molecule has 4 rings (SSSR count). The summed E-state index contributed by atoms with van der Waals surface area (Å²) in [6.45, 7) is 0.783. The van der Waals surface area contributed by atoms with E-state index in [1.54, 1.807) is 24.4 Å². The van der Waals surface area contributed by atoms with E-state index >= 15 is 0 Å². The second kappa shape index (κ2) is 8.21. The van der Waals surface area contributed by atoms with E-state index in [-0.39, 0.29) is 17.8 Å². The van der Waals surface area contributed by atoms with Crippen molar-refractivity contribution in [3.63, 3.8) is 0 Å². The van der Waals surface area contributed by atoms with Gasteiger partial charge in [-0.3, -0.25) is 4.79 Å². The molecule has 5 heteroatoms. The molecule has 0 radical (unpaired) electrons. The molecule has 1 aliphatic carbocycles. The maximum absolute atomic E-state index is 13.5. The van der Waals surface area contributed by atoms with Gasteiger partial charge in [-0.05, 0) is 42.2 Å². The van der Waals surface area contributed by atoms with E-state index in [2.05, 4.69) is 4.98 Å². The van der Waals surface area contributed by atoms with Crippen molar-refractivity contribution in [2.24, 2.45) is 0 Å². The van der Waals surface area contributed by atoms with Crippen LogP contribution in [0, 0.1) is 5.82 Å². The average molecular weight is 376 g/mol. The maximum atomic E-state index is 13.5. The molecular formula is C23H21FN2O2. The first-order valence-electron chi connectivity index (χ1n) is 9.37. The third-order valence-electron chi connectivity index (χ3n) is 4.70. The van der Waals surface area contributed by atoms with Gasteiger partial charge in [-0.1, -0.05) is 42.5 Å². The van der Waals surface area contributed by atoms with Crippen LogP contribution in [-0.2, 0) is 13.2 Å². The number of aromatic nitrogens is 1. The van der Waals surface area contributed by atoms with Crippen LogP contribution in [0.25, 0.3) is 0 Å². The van der Waals surface area contributed by atoms with Crippen molar-refractivity contribution in [3.05, 3.63) is 95.4 Å². The molecule has 1 aliphatic rings. The molecular weight excluding hydrogens is 355 g/mol. The standard InChI is InChI=1S/C23H21FN2O2/c24-20-8-4-7-18(13-20)15-26(21-9-10-21)23(27)19-11-12-25-22(14-19)28-16-17-5-2-1-3-6-17/h1-8,11-14,21H,9-10,15-16H2. The van der Waals surface area contributed by atoms with E-state index in [0.29, 0.717) is 24.6 Å². The summed E-state index contributed by atoms with van der Waals surface area (Å²) < 4.78 is 19.2. The van der Waals surface area contributed by atoms with Crippen molar-refractivity contribution in [2.45, 2.75) is 32.0 Å². The summed E-state index contributed by atoms with van der Waals surface area (Å²) in [5, 5.41) is 0. The van der Waals surface area contributed by atoms with Crippen molar-refractivity contribution in [2.75, 3.05) is 0 Å². The van der Waals surface area contributed by atoms with E-state index in [4.69, 9.17) is 4.74 Å². The van der Waals surface area contributed by atoms with Crippen LogP contribution in [0.1, 0.15) is 34.3 Å². The highest BCUT2D eigenvalue weighted by molar-refractivity contribution is 5.94. The molecule has 0 aliphatic heterocycles. The van der Waals surface area contributed by atoms with E-state index in [0.717, 1.165) is 24.0 Å². The van der Waals surface area contributed by atoms with E-state index in [9.17, 15) is 9.18 Å². The zero-order chi connectivity index (χ0) is 19.3. The monoisotopic (exact) mass is 376 g/mol. The molecule has 1 fully saturated rings. The SMILES string of the molecule is O=C(c1ccnc(OCc2ccccc2)c1)N(Cc1cccc(F)c1)C1CC1. The normalized spacial score (nSPS) is 13.2. The average Bonchev–Trinajstić information content (AvgIpc) is 3.56. The van der Waals surface area contributed by atoms with Crippen molar-refractivity contribution in [1.29, 1.82) is 0 Å². The number of halogens is 1. The Labute approximate surface area is 163 Å². The topological polar surface area (TPSA) is 42.4 Å². The fourth-order valence-corrected chi connectivity index (χ4v) is 3.10. The Kier molecular flexibility index (Phi) is 5.33. The van der Waals surface area contributed by atoms with Gasteiger partial charge in [0.05, 0.1) is 0 Å². The molecule has 3 aromatic rings. The highest BCUT2D eigenvalue weighted by atomic mass is 19.1. The minimum atomic E-state index is -0.291. The number of hydrogen-bond donors (Lipinski definition) is 0.